The number of carbonyl (C=O) groups excluding carboxylic acids is 2. The Hall–Kier alpha value is -3.99. The summed E-state index contributed by atoms with van der Waals surface area (Å²) in [6, 6.07) is 17.6. The van der Waals surface area contributed by atoms with Crippen LogP contribution in [0.25, 0.3) is 6.08 Å². The second kappa shape index (κ2) is 11.2. The molecule has 0 radical (unpaired) electrons. The van der Waals surface area contributed by atoms with Gasteiger partial charge in [0.05, 0.1) is 24.8 Å². The van der Waals surface area contributed by atoms with Crippen molar-refractivity contribution < 1.29 is 23.8 Å². The van der Waals surface area contributed by atoms with Crippen LogP contribution in [-0.2, 0) is 4.79 Å². The molecule has 0 aliphatic carbocycles. The number of carbonyl (C=O) groups is 2. The molecular weight excluding hydrogens is 479 g/mol. The number of halogens is 2. The molecule has 0 fully saturated rings. The second-order valence-corrected chi connectivity index (χ2v) is 7.63. The standard InChI is InChI=1S/C25H18Cl2N2O5/c1-32-20-9-3-16(4-10-20)25(31)34-23-21(27)12-15(13-22(23)33-2)11-17(14-28)24(30)29-19-7-5-18(26)6-8-19/h3-13H,1-2H3,(H,29,30)/b17-11+. The van der Waals surface area contributed by atoms with E-state index in [0.717, 1.165) is 0 Å². The number of hydrogen-bond acceptors (Lipinski definition) is 6. The molecule has 0 aromatic heterocycles. The number of ether oxygens (including phenoxy) is 3. The highest BCUT2D eigenvalue weighted by molar-refractivity contribution is 6.32. The average Bonchev–Trinajstić information content (AvgIpc) is 2.85. The fraction of sp³-hybridized carbons (Fsp3) is 0.0800. The molecule has 7 nitrogen and oxygen atoms in total. The first-order valence-corrected chi connectivity index (χ1v) is 10.5. The molecule has 1 N–H and O–H groups in total. The van der Waals surface area contributed by atoms with Gasteiger partial charge in [-0.3, -0.25) is 4.79 Å². The number of hydrogen-bond donors (Lipinski definition) is 1. The van der Waals surface area contributed by atoms with E-state index in [1.807, 2.05) is 6.07 Å². The van der Waals surface area contributed by atoms with Crippen LogP contribution in [0.4, 0.5) is 5.69 Å². The SMILES string of the molecule is COc1ccc(C(=O)Oc2c(Cl)cc(/C=C(\C#N)C(=O)Nc3ccc(Cl)cc3)cc2OC)cc1. The normalized spacial score (nSPS) is 10.7. The minimum atomic E-state index is -0.647. The highest BCUT2D eigenvalue weighted by Crippen LogP contribution is 2.37. The average molecular weight is 497 g/mol. The summed E-state index contributed by atoms with van der Waals surface area (Å²) in [7, 11) is 2.90. The summed E-state index contributed by atoms with van der Waals surface area (Å²) in [5.74, 6) is -0.514. The van der Waals surface area contributed by atoms with Crippen LogP contribution >= 0.6 is 23.2 Å². The number of amides is 1. The molecule has 0 aliphatic heterocycles. The summed E-state index contributed by atoms with van der Waals surface area (Å²) in [6.45, 7) is 0. The molecule has 34 heavy (non-hydrogen) atoms. The van der Waals surface area contributed by atoms with Crippen LogP contribution in [0.1, 0.15) is 15.9 Å². The van der Waals surface area contributed by atoms with Crippen LogP contribution in [0, 0.1) is 11.3 Å². The molecule has 3 aromatic rings. The number of rotatable bonds is 7. The van der Waals surface area contributed by atoms with Gasteiger partial charge in [0.25, 0.3) is 5.91 Å². The van der Waals surface area contributed by atoms with Gasteiger partial charge in [0.1, 0.15) is 17.4 Å². The van der Waals surface area contributed by atoms with Gasteiger partial charge in [-0.25, -0.2) is 4.79 Å². The summed E-state index contributed by atoms with van der Waals surface area (Å²) >= 11 is 12.2. The van der Waals surface area contributed by atoms with Gasteiger partial charge in [0.2, 0.25) is 0 Å². The smallest absolute Gasteiger partial charge is 0.343 e. The maximum Gasteiger partial charge on any atom is 0.343 e. The van der Waals surface area contributed by atoms with Gasteiger partial charge in [-0.2, -0.15) is 5.26 Å². The van der Waals surface area contributed by atoms with E-state index in [9.17, 15) is 14.9 Å². The van der Waals surface area contributed by atoms with Crippen LogP contribution in [0.3, 0.4) is 0 Å². The minimum absolute atomic E-state index is 0.00579. The monoisotopic (exact) mass is 496 g/mol. The topological polar surface area (TPSA) is 97.7 Å². The Morgan fingerprint density at radius 1 is 0.971 bits per heavy atom. The van der Waals surface area contributed by atoms with Crippen LogP contribution < -0.4 is 19.5 Å². The Balaban J connectivity index is 1.83. The molecule has 0 heterocycles. The number of nitrogens with one attached hydrogen (secondary N) is 1. The fourth-order valence-corrected chi connectivity index (χ4v) is 3.23. The quantitative estimate of drug-likeness (QED) is 0.193. The molecule has 0 saturated carbocycles. The first-order valence-electron chi connectivity index (χ1n) is 9.77. The molecule has 0 bridgehead atoms. The first kappa shape index (κ1) is 24.6. The fourth-order valence-electron chi connectivity index (χ4n) is 2.85. The van der Waals surface area contributed by atoms with Crippen molar-refractivity contribution in [2.75, 3.05) is 19.5 Å². The molecule has 3 aromatic carbocycles. The van der Waals surface area contributed by atoms with E-state index in [-0.39, 0.29) is 27.7 Å². The van der Waals surface area contributed by atoms with E-state index >= 15 is 0 Å². The zero-order valence-electron chi connectivity index (χ0n) is 18.1. The summed E-state index contributed by atoms with van der Waals surface area (Å²) in [5.41, 5.74) is 0.991. The van der Waals surface area contributed by atoms with Crippen molar-refractivity contribution >= 4 is 46.8 Å². The molecule has 172 valence electrons. The first-order chi connectivity index (χ1) is 16.3. The van der Waals surface area contributed by atoms with Gasteiger partial charge in [0.15, 0.2) is 11.5 Å². The number of nitrogens with zero attached hydrogens (tertiary/aromatic N) is 1. The Morgan fingerprint density at radius 2 is 1.65 bits per heavy atom. The highest BCUT2D eigenvalue weighted by atomic mass is 35.5. The molecule has 0 unspecified atom stereocenters. The van der Waals surface area contributed by atoms with Gasteiger partial charge in [-0.05, 0) is 72.3 Å². The Morgan fingerprint density at radius 3 is 2.24 bits per heavy atom. The molecule has 3 rings (SSSR count). The van der Waals surface area contributed by atoms with Crippen molar-refractivity contribution in [3.05, 3.63) is 87.4 Å². The lowest BCUT2D eigenvalue weighted by Crippen LogP contribution is -2.13. The van der Waals surface area contributed by atoms with Crippen LogP contribution in [0.5, 0.6) is 17.2 Å². The highest BCUT2D eigenvalue weighted by Gasteiger charge is 2.18. The Kier molecular flexibility index (Phi) is 8.14. The van der Waals surface area contributed by atoms with Gasteiger partial charge in [0, 0.05) is 10.7 Å². The van der Waals surface area contributed by atoms with Gasteiger partial charge < -0.3 is 19.5 Å². The van der Waals surface area contributed by atoms with Crippen molar-refractivity contribution in [1.82, 2.24) is 0 Å². The Labute approximate surface area is 206 Å². The summed E-state index contributed by atoms with van der Waals surface area (Å²) in [4.78, 5) is 25.0. The molecule has 0 atom stereocenters. The van der Waals surface area contributed by atoms with Gasteiger partial charge in [-0.1, -0.05) is 23.2 Å². The van der Waals surface area contributed by atoms with E-state index in [1.165, 1.54) is 32.4 Å². The van der Waals surface area contributed by atoms with E-state index in [4.69, 9.17) is 37.4 Å². The van der Waals surface area contributed by atoms with Crippen molar-refractivity contribution in [2.24, 2.45) is 0 Å². The van der Waals surface area contributed by atoms with Crippen molar-refractivity contribution in [2.45, 2.75) is 0 Å². The van der Waals surface area contributed by atoms with Crippen molar-refractivity contribution in [3.8, 4) is 23.3 Å². The van der Waals surface area contributed by atoms with E-state index in [2.05, 4.69) is 5.32 Å². The molecule has 0 aliphatic rings. The lowest BCUT2D eigenvalue weighted by molar-refractivity contribution is -0.112. The number of benzene rings is 3. The lowest BCUT2D eigenvalue weighted by Gasteiger charge is -2.12. The summed E-state index contributed by atoms with van der Waals surface area (Å²) in [5, 5.41) is 12.7. The molecule has 0 spiro atoms. The third-order valence-electron chi connectivity index (χ3n) is 4.55. The molecule has 9 heteroatoms. The summed E-state index contributed by atoms with van der Waals surface area (Å²) in [6.07, 6.45) is 1.34. The molecule has 1 amide bonds. The van der Waals surface area contributed by atoms with Crippen molar-refractivity contribution in [3.63, 3.8) is 0 Å². The van der Waals surface area contributed by atoms with Crippen LogP contribution in [0.15, 0.2) is 66.2 Å². The van der Waals surface area contributed by atoms with Crippen LogP contribution in [-0.4, -0.2) is 26.1 Å². The minimum Gasteiger partial charge on any atom is -0.497 e. The zero-order chi connectivity index (χ0) is 24.7. The molecular formula is C25H18Cl2N2O5. The lowest BCUT2D eigenvalue weighted by atomic mass is 10.1. The summed E-state index contributed by atoms with van der Waals surface area (Å²) < 4.78 is 15.8. The van der Waals surface area contributed by atoms with Crippen LogP contribution in [0.2, 0.25) is 10.0 Å². The van der Waals surface area contributed by atoms with Gasteiger partial charge in [-0.15, -0.1) is 0 Å². The van der Waals surface area contributed by atoms with E-state index < -0.39 is 11.9 Å². The zero-order valence-corrected chi connectivity index (χ0v) is 19.6. The number of methoxy groups -OCH3 is 2. The van der Waals surface area contributed by atoms with E-state index in [1.54, 1.807) is 48.5 Å². The largest absolute Gasteiger partial charge is 0.497 e. The third-order valence-corrected chi connectivity index (χ3v) is 5.08. The number of anilines is 1. The number of nitriles is 1. The van der Waals surface area contributed by atoms with E-state index in [0.29, 0.717) is 22.0 Å². The maximum atomic E-state index is 12.5. The number of esters is 1. The predicted molar refractivity (Wildman–Crippen MR) is 130 cm³/mol. The second-order valence-electron chi connectivity index (χ2n) is 6.78. The Bertz CT molecular complexity index is 1280. The predicted octanol–water partition coefficient (Wildman–Crippen LogP) is 5.78. The maximum absolute atomic E-state index is 12.5. The third kappa shape index (κ3) is 6.07. The van der Waals surface area contributed by atoms with Gasteiger partial charge >= 0.3 is 5.97 Å². The van der Waals surface area contributed by atoms with Crippen molar-refractivity contribution in [1.29, 1.82) is 5.26 Å². The molecule has 0 saturated heterocycles.